The third kappa shape index (κ3) is 1.99. The van der Waals surface area contributed by atoms with E-state index in [1.807, 2.05) is 31.2 Å². The van der Waals surface area contributed by atoms with E-state index in [0.717, 1.165) is 10.6 Å². The molecule has 1 nitrogen and oxygen atoms in total. The van der Waals surface area contributed by atoms with Crippen LogP contribution in [0.15, 0.2) is 24.3 Å². The van der Waals surface area contributed by atoms with Crippen molar-refractivity contribution in [2.75, 3.05) is 0 Å². The molecule has 1 aromatic rings. The fraction of sp³-hybridized carbons (Fsp3) is 0.400. The zero-order valence-corrected chi connectivity index (χ0v) is 8.05. The van der Waals surface area contributed by atoms with E-state index in [0.29, 0.717) is 0 Å². The number of aliphatic hydroxyl groups is 1. The Bertz CT molecular complexity index is 258. The topological polar surface area (TPSA) is 20.2 Å². The Hall–Kier alpha value is -0.530. The molecule has 1 aromatic carbocycles. The van der Waals surface area contributed by atoms with Gasteiger partial charge in [-0.2, -0.15) is 0 Å². The highest BCUT2D eigenvalue weighted by Gasteiger charge is 2.13. The Morgan fingerprint density at radius 2 is 1.83 bits per heavy atom. The van der Waals surface area contributed by atoms with Gasteiger partial charge in [0.2, 0.25) is 0 Å². The second-order valence-corrected chi connectivity index (χ2v) is 3.46. The van der Waals surface area contributed by atoms with E-state index in [2.05, 4.69) is 0 Å². The molecular weight excluding hydrogens is 172 g/mol. The number of halogens is 1. The summed E-state index contributed by atoms with van der Waals surface area (Å²) in [5.74, 6) is 0.0960. The molecule has 0 saturated heterocycles. The summed E-state index contributed by atoms with van der Waals surface area (Å²) in [5, 5.41) is 10.1. The van der Waals surface area contributed by atoms with Gasteiger partial charge in [-0.1, -0.05) is 36.7 Å². The van der Waals surface area contributed by atoms with Crippen LogP contribution in [0, 0.1) is 0 Å². The van der Waals surface area contributed by atoms with Gasteiger partial charge in [0.1, 0.15) is 0 Å². The van der Waals surface area contributed by atoms with E-state index in [9.17, 15) is 5.11 Å². The van der Waals surface area contributed by atoms with Gasteiger partial charge in [0.25, 0.3) is 0 Å². The highest BCUT2D eigenvalue weighted by molar-refractivity contribution is 6.31. The SMILES string of the molecule is CC(O)C(C)c1ccccc1Cl. The lowest BCUT2D eigenvalue weighted by Gasteiger charge is -2.15. The molecule has 0 aromatic heterocycles. The molecule has 0 aliphatic rings. The Morgan fingerprint density at radius 1 is 1.25 bits per heavy atom. The average molecular weight is 185 g/mol. The fourth-order valence-corrected chi connectivity index (χ4v) is 1.41. The first kappa shape index (κ1) is 9.56. The van der Waals surface area contributed by atoms with Crippen molar-refractivity contribution in [3.8, 4) is 0 Å². The third-order valence-corrected chi connectivity index (χ3v) is 2.46. The maximum Gasteiger partial charge on any atom is 0.0578 e. The van der Waals surface area contributed by atoms with Crippen LogP contribution in [-0.4, -0.2) is 11.2 Å². The Balaban J connectivity index is 2.94. The molecule has 0 radical (unpaired) electrons. The summed E-state index contributed by atoms with van der Waals surface area (Å²) < 4.78 is 0. The van der Waals surface area contributed by atoms with Crippen molar-refractivity contribution >= 4 is 11.6 Å². The number of hydrogen-bond acceptors (Lipinski definition) is 1. The second-order valence-electron chi connectivity index (χ2n) is 3.05. The summed E-state index contributed by atoms with van der Waals surface area (Å²) in [6.07, 6.45) is -0.357. The smallest absolute Gasteiger partial charge is 0.0578 e. The lowest BCUT2D eigenvalue weighted by Crippen LogP contribution is -2.11. The van der Waals surface area contributed by atoms with E-state index in [-0.39, 0.29) is 12.0 Å². The quantitative estimate of drug-likeness (QED) is 0.750. The lowest BCUT2D eigenvalue weighted by atomic mass is 9.96. The Labute approximate surface area is 78.0 Å². The summed E-state index contributed by atoms with van der Waals surface area (Å²) in [5.41, 5.74) is 1.01. The molecule has 1 N–H and O–H groups in total. The van der Waals surface area contributed by atoms with Crippen LogP contribution in [0.3, 0.4) is 0 Å². The third-order valence-electron chi connectivity index (χ3n) is 2.12. The van der Waals surface area contributed by atoms with Gasteiger partial charge >= 0.3 is 0 Å². The molecule has 0 saturated carbocycles. The highest BCUT2D eigenvalue weighted by atomic mass is 35.5. The van der Waals surface area contributed by atoms with Crippen LogP contribution >= 0.6 is 11.6 Å². The van der Waals surface area contributed by atoms with Gasteiger partial charge in [0.15, 0.2) is 0 Å². The van der Waals surface area contributed by atoms with Gasteiger partial charge in [-0.15, -0.1) is 0 Å². The van der Waals surface area contributed by atoms with Crippen LogP contribution in [-0.2, 0) is 0 Å². The van der Waals surface area contributed by atoms with Gasteiger partial charge in [-0.05, 0) is 18.6 Å². The standard InChI is InChI=1S/C10H13ClO/c1-7(8(2)12)9-5-3-4-6-10(9)11/h3-8,12H,1-2H3. The van der Waals surface area contributed by atoms with E-state index >= 15 is 0 Å². The molecule has 0 heterocycles. The zero-order chi connectivity index (χ0) is 9.14. The normalized spacial score (nSPS) is 15.7. The molecule has 0 aliphatic heterocycles. The molecule has 0 aliphatic carbocycles. The van der Waals surface area contributed by atoms with Crippen LogP contribution in [0.5, 0.6) is 0 Å². The van der Waals surface area contributed by atoms with Crippen molar-refractivity contribution in [2.24, 2.45) is 0 Å². The van der Waals surface area contributed by atoms with Gasteiger partial charge in [-0.3, -0.25) is 0 Å². The van der Waals surface area contributed by atoms with Crippen LogP contribution < -0.4 is 0 Å². The molecule has 0 fully saturated rings. The van der Waals surface area contributed by atoms with Gasteiger partial charge < -0.3 is 5.11 Å². The first-order valence-corrected chi connectivity index (χ1v) is 4.43. The highest BCUT2D eigenvalue weighted by Crippen LogP contribution is 2.26. The number of benzene rings is 1. The fourth-order valence-electron chi connectivity index (χ4n) is 1.10. The van der Waals surface area contributed by atoms with Crippen molar-refractivity contribution in [1.82, 2.24) is 0 Å². The molecule has 12 heavy (non-hydrogen) atoms. The molecule has 0 bridgehead atoms. The van der Waals surface area contributed by atoms with Crippen molar-refractivity contribution < 1.29 is 5.11 Å². The van der Waals surface area contributed by atoms with E-state index < -0.39 is 0 Å². The molecule has 2 heteroatoms. The first-order chi connectivity index (χ1) is 5.63. The number of aliphatic hydroxyl groups excluding tert-OH is 1. The van der Waals surface area contributed by atoms with Gasteiger partial charge in [0.05, 0.1) is 6.10 Å². The van der Waals surface area contributed by atoms with Crippen molar-refractivity contribution in [3.05, 3.63) is 34.9 Å². The molecule has 1 rings (SSSR count). The molecule has 0 spiro atoms. The van der Waals surface area contributed by atoms with E-state index in [1.54, 1.807) is 6.92 Å². The predicted octanol–water partition coefficient (Wildman–Crippen LogP) is 2.82. The van der Waals surface area contributed by atoms with Crippen molar-refractivity contribution in [2.45, 2.75) is 25.9 Å². The lowest BCUT2D eigenvalue weighted by molar-refractivity contribution is 0.169. The minimum absolute atomic E-state index is 0.0960. The van der Waals surface area contributed by atoms with Crippen molar-refractivity contribution in [3.63, 3.8) is 0 Å². The summed E-state index contributed by atoms with van der Waals surface area (Å²) in [7, 11) is 0. The molecule has 66 valence electrons. The molecular formula is C10H13ClO. The summed E-state index contributed by atoms with van der Waals surface area (Å²) in [6, 6.07) is 7.61. The largest absolute Gasteiger partial charge is 0.393 e. The molecule has 2 atom stereocenters. The predicted molar refractivity (Wildman–Crippen MR) is 51.5 cm³/mol. The summed E-state index contributed by atoms with van der Waals surface area (Å²) >= 11 is 5.95. The summed E-state index contributed by atoms with van der Waals surface area (Å²) in [4.78, 5) is 0. The molecule has 2 unspecified atom stereocenters. The van der Waals surface area contributed by atoms with Crippen LogP contribution in [0.25, 0.3) is 0 Å². The first-order valence-electron chi connectivity index (χ1n) is 4.05. The maximum atomic E-state index is 9.34. The maximum absolute atomic E-state index is 9.34. The van der Waals surface area contributed by atoms with Crippen LogP contribution in [0.2, 0.25) is 5.02 Å². The Kier molecular flexibility index (Phi) is 3.12. The van der Waals surface area contributed by atoms with E-state index in [1.165, 1.54) is 0 Å². The zero-order valence-electron chi connectivity index (χ0n) is 7.29. The monoisotopic (exact) mass is 184 g/mol. The van der Waals surface area contributed by atoms with Crippen LogP contribution in [0.4, 0.5) is 0 Å². The Morgan fingerprint density at radius 3 is 2.33 bits per heavy atom. The van der Waals surface area contributed by atoms with E-state index in [4.69, 9.17) is 11.6 Å². The average Bonchev–Trinajstić information content (AvgIpc) is 2.04. The second kappa shape index (κ2) is 3.92. The molecule has 0 amide bonds. The minimum atomic E-state index is -0.357. The minimum Gasteiger partial charge on any atom is -0.393 e. The summed E-state index contributed by atoms with van der Waals surface area (Å²) in [6.45, 7) is 3.74. The van der Waals surface area contributed by atoms with Crippen LogP contribution in [0.1, 0.15) is 25.3 Å². The number of rotatable bonds is 2. The van der Waals surface area contributed by atoms with Crippen molar-refractivity contribution in [1.29, 1.82) is 0 Å². The van der Waals surface area contributed by atoms with Gasteiger partial charge in [-0.25, -0.2) is 0 Å². The number of hydrogen-bond donors (Lipinski definition) is 1. The van der Waals surface area contributed by atoms with Gasteiger partial charge in [0, 0.05) is 10.9 Å².